The first-order valence-electron chi connectivity index (χ1n) is 8.29. The van der Waals surface area contributed by atoms with Crippen molar-refractivity contribution >= 4 is 29.2 Å². The molecule has 8 heteroatoms. The third kappa shape index (κ3) is 3.48. The predicted molar refractivity (Wildman–Crippen MR) is 99.5 cm³/mol. The van der Waals surface area contributed by atoms with Gasteiger partial charge in [-0.1, -0.05) is 12.8 Å². The molecule has 1 saturated carbocycles. The highest BCUT2D eigenvalue weighted by molar-refractivity contribution is 5.98. The molecule has 0 bridgehead atoms. The Morgan fingerprint density at radius 1 is 1.32 bits per heavy atom. The van der Waals surface area contributed by atoms with Gasteiger partial charge >= 0.3 is 5.69 Å². The lowest BCUT2D eigenvalue weighted by Crippen LogP contribution is -2.51. The Bertz CT molecular complexity index is 897. The van der Waals surface area contributed by atoms with E-state index >= 15 is 0 Å². The lowest BCUT2D eigenvalue weighted by molar-refractivity contribution is 0.0903. The molecule has 1 amide bonds. The smallest absolute Gasteiger partial charge is 0.328 e. The number of halogens is 1. The molecule has 0 unspecified atom stereocenters. The topological polar surface area (TPSA) is 110 Å². The summed E-state index contributed by atoms with van der Waals surface area (Å²) in [5.41, 5.74) is 5.47. The van der Waals surface area contributed by atoms with Crippen molar-refractivity contribution in [2.24, 2.45) is 5.73 Å². The van der Waals surface area contributed by atoms with Crippen LogP contribution in [0.5, 0.6) is 0 Å². The SMILES string of the molecule is CCn1c(=O)[nH]c2cc(C(=O)NC3(CN)CCCC3)ccc2c1=O.Cl. The summed E-state index contributed by atoms with van der Waals surface area (Å²) in [6.45, 7) is 2.44. The van der Waals surface area contributed by atoms with Gasteiger partial charge in [0, 0.05) is 18.7 Å². The predicted octanol–water partition coefficient (Wildman–Crippen LogP) is 1.13. The largest absolute Gasteiger partial charge is 0.345 e. The highest BCUT2D eigenvalue weighted by Gasteiger charge is 2.34. The minimum Gasteiger partial charge on any atom is -0.345 e. The van der Waals surface area contributed by atoms with Crippen LogP contribution in [0.4, 0.5) is 0 Å². The van der Waals surface area contributed by atoms with Crippen LogP contribution in [0.25, 0.3) is 10.9 Å². The van der Waals surface area contributed by atoms with Gasteiger partial charge in [-0.2, -0.15) is 0 Å². The number of hydrogen-bond acceptors (Lipinski definition) is 4. The number of nitrogens with two attached hydrogens (primary N) is 1. The molecular weight excluding hydrogens is 344 g/mol. The Labute approximate surface area is 151 Å². The Hall–Kier alpha value is -2.12. The van der Waals surface area contributed by atoms with Crippen LogP contribution in [-0.2, 0) is 6.54 Å². The molecule has 1 aliphatic carbocycles. The number of nitrogens with one attached hydrogen (secondary N) is 2. The number of rotatable bonds is 4. The number of hydrogen-bond donors (Lipinski definition) is 3. The Morgan fingerprint density at radius 2 is 2.00 bits per heavy atom. The number of amides is 1. The molecule has 0 saturated heterocycles. The van der Waals surface area contributed by atoms with Gasteiger partial charge in [-0.05, 0) is 38.0 Å². The number of aromatic nitrogens is 2. The van der Waals surface area contributed by atoms with Crippen LogP contribution in [0.3, 0.4) is 0 Å². The molecule has 25 heavy (non-hydrogen) atoms. The molecular formula is C17H23ClN4O3. The molecule has 0 spiro atoms. The molecule has 1 heterocycles. The lowest BCUT2D eigenvalue weighted by Gasteiger charge is -2.28. The average Bonchev–Trinajstić information content (AvgIpc) is 3.03. The van der Waals surface area contributed by atoms with Crippen molar-refractivity contribution in [1.29, 1.82) is 0 Å². The van der Waals surface area contributed by atoms with Gasteiger partial charge in [0.15, 0.2) is 0 Å². The summed E-state index contributed by atoms with van der Waals surface area (Å²) in [7, 11) is 0. The first kappa shape index (κ1) is 19.2. The van der Waals surface area contributed by atoms with E-state index in [1.165, 1.54) is 0 Å². The van der Waals surface area contributed by atoms with Gasteiger partial charge in [0.25, 0.3) is 11.5 Å². The maximum Gasteiger partial charge on any atom is 0.328 e. The molecule has 0 radical (unpaired) electrons. The Morgan fingerprint density at radius 3 is 2.60 bits per heavy atom. The van der Waals surface area contributed by atoms with Crippen molar-refractivity contribution in [3.63, 3.8) is 0 Å². The van der Waals surface area contributed by atoms with E-state index < -0.39 is 5.69 Å². The number of fused-ring (bicyclic) bond motifs is 1. The van der Waals surface area contributed by atoms with Crippen molar-refractivity contribution in [1.82, 2.24) is 14.9 Å². The van der Waals surface area contributed by atoms with Gasteiger partial charge < -0.3 is 16.0 Å². The number of aromatic amines is 1. The second-order valence-corrected chi connectivity index (χ2v) is 6.39. The summed E-state index contributed by atoms with van der Waals surface area (Å²) in [4.78, 5) is 39.4. The van der Waals surface area contributed by atoms with E-state index in [9.17, 15) is 14.4 Å². The van der Waals surface area contributed by atoms with Crippen molar-refractivity contribution in [2.75, 3.05) is 6.54 Å². The summed E-state index contributed by atoms with van der Waals surface area (Å²) in [5, 5.41) is 3.43. The van der Waals surface area contributed by atoms with E-state index in [2.05, 4.69) is 10.3 Å². The maximum atomic E-state index is 12.6. The molecule has 3 rings (SSSR count). The van der Waals surface area contributed by atoms with Gasteiger partial charge in [-0.3, -0.25) is 14.2 Å². The fraction of sp³-hybridized carbons (Fsp3) is 0.471. The van der Waals surface area contributed by atoms with E-state index in [-0.39, 0.29) is 29.4 Å². The number of benzene rings is 1. The van der Waals surface area contributed by atoms with Crippen LogP contribution in [-0.4, -0.2) is 27.5 Å². The van der Waals surface area contributed by atoms with Crippen molar-refractivity contribution < 1.29 is 4.79 Å². The number of nitrogens with zero attached hydrogens (tertiary/aromatic N) is 1. The first-order chi connectivity index (χ1) is 11.5. The average molecular weight is 367 g/mol. The van der Waals surface area contributed by atoms with E-state index in [1.807, 2.05) is 0 Å². The summed E-state index contributed by atoms with van der Waals surface area (Å²) in [6, 6.07) is 4.74. The molecule has 1 aromatic carbocycles. The Kier molecular flexibility index (Phi) is 5.69. The molecule has 136 valence electrons. The van der Waals surface area contributed by atoms with E-state index in [4.69, 9.17) is 5.73 Å². The molecule has 0 atom stereocenters. The molecule has 1 fully saturated rings. The minimum atomic E-state index is -0.471. The molecule has 2 aromatic rings. The van der Waals surface area contributed by atoms with Crippen LogP contribution in [0, 0.1) is 0 Å². The van der Waals surface area contributed by atoms with Gasteiger partial charge in [-0.15, -0.1) is 12.4 Å². The van der Waals surface area contributed by atoms with Crippen molar-refractivity contribution in [3.8, 4) is 0 Å². The van der Waals surface area contributed by atoms with Crippen molar-refractivity contribution in [3.05, 3.63) is 44.6 Å². The third-order valence-electron chi connectivity index (χ3n) is 4.89. The van der Waals surface area contributed by atoms with Gasteiger partial charge in [0.2, 0.25) is 0 Å². The molecule has 1 aromatic heterocycles. The second-order valence-electron chi connectivity index (χ2n) is 6.39. The van der Waals surface area contributed by atoms with E-state index in [1.54, 1.807) is 25.1 Å². The lowest BCUT2D eigenvalue weighted by atomic mass is 9.97. The fourth-order valence-corrected chi connectivity index (χ4v) is 3.43. The number of carbonyl (C=O) groups is 1. The maximum absolute atomic E-state index is 12.6. The van der Waals surface area contributed by atoms with Crippen molar-refractivity contribution in [2.45, 2.75) is 44.7 Å². The summed E-state index contributed by atoms with van der Waals surface area (Å²) in [6.07, 6.45) is 3.86. The van der Waals surface area contributed by atoms with Gasteiger partial charge in [-0.25, -0.2) is 4.79 Å². The van der Waals surface area contributed by atoms with E-state index in [0.29, 0.717) is 29.6 Å². The number of carbonyl (C=O) groups excluding carboxylic acids is 1. The Balaban J connectivity index is 0.00000225. The standard InChI is InChI=1S/C17H22N4O3.ClH/c1-2-21-15(23)12-6-5-11(9-13(12)19-16(21)24)14(22)20-17(10-18)7-3-4-8-17;/h5-6,9H,2-4,7-8,10,18H2,1H3,(H,19,24)(H,20,22);1H. The zero-order chi connectivity index (χ0) is 17.3. The monoisotopic (exact) mass is 366 g/mol. The zero-order valence-electron chi connectivity index (χ0n) is 14.1. The number of H-pyrrole nitrogens is 1. The van der Waals surface area contributed by atoms with Crippen LogP contribution in [0.15, 0.2) is 27.8 Å². The molecule has 1 aliphatic rings. The summed E-state index contributed by atoms with van der Waals surface area (Å²) >= 11 is 0. The molecule has 7 nitrogen and oxygen atoms in total. The minimum absolute atomic E-state index is 0. The second kappa shape index (κ2) is 7.41. The third-order valence-corrected chi connectivity index (χ3v) is 4.89. The normalized spacial score (nSPS) is 15.8. The zero-order valence-corrected chi connectivity index (χ0v) is 14.9. The highest BCUT2D eigenvalue weighted by atomic mass is 35.5. The summed E-state index contributed by atoms with van der Waals surface area (Å²) < 4.78 is 1.13. The van der Waals surface area contributed by atoms with Crippen LogP contribution in [0.2, 0.25) is 0 Å². The highest BCUT2D eigenvalue weighted by Crippen LogP contribution is 2.29. The van der Waals surface area contributed by atoms with Gasteiger partial charge in [0.05, 0.1) is 16.4 Å². The molecule has 0 aliphatic heterocycles. The summed E-state index contributed by atoms with van der Waals surface area (Å²) in [5.74, 6) is -0.232. The van der Waals surface area contributed by atoms with Gasteiger partial charge in [0.1, 0.15) is 0 Å². The van der Waals surface area contributed by atoms with Crippen LogP contribution >= 0.6 is 12.4 Å². The van der Waals surface area contributed by atoms with Crippen LogP contribution in [0.1, 0.15) is 43.0 Å². The van der Waals surface area contributed by atoms with E-state index in [0.717, 1.165) is 30.3 Å². The fourth-order valence-electron chi connectivity index (χ4n) is 3.43. The quantitative estimate of drug-likeness (QED) is 0.753. The van der Waals surface area contributed by atoms with Crippen LogP contribution < -0.4 is 22.3 Å². The molecule has 4 N–H and O–H groups in total. The first-order valence-corrected chi connectivity index (χ1v) is 8.29.